The van der Waals surface area contributed by atoms with Gasteiger partial charge in [-0.15, -0.1) is 5.10 Å². The molecule has 2 aromatic heterocycles. The summed E-state index contributed by atoms with van der Waals surface area (Å²) in [5.74, 6) is 2.14. The molecular formula is C23H16N6O2. The van der Waals surface area contributed by atoms with Gasteiger partial charge in [0.15, 0.2) is 17.3 Å². The largest absolute Gasteiger partial charge is 0.454 e. The van der Waals surface area contributed by atoms with Gasteiger partial charge in [-0.05, 0) is 51.7 Å². The number of hydrogen-bond donors (Lipinski definition) is 0. The molecule has 4 aromatic rings. The maximum Gasteiger partial charge on any atom is 0.231 e. The van der Waals surface area contributed by atoms with Gasteiger partial charge in [0, 0.05) is 30.6 Å². The Labute approximate surface area is 177 Å². The number of rotatable bonds is 2. The third kappa shape index (κ3) is 2.16. The zero-order chi connectivity index (χ0) is 20.4. The molecule has 0 N–H and O–H groups in total. The molecule has 0 saturated carbocycles. The number of aliphatic imine (C=N–C) groups is 1. The van der Waals surface area contributed by atoms with Crippen LogP contribution in [-0.2, 0) is 11.8 Å². The number of ether oxygens (including phenoxy) is 2. The molecule has 0 aliphatic carbocycles. The van der Waals surface area contributed by atoms with E-state index in [9.17, 15) is 0 Å². The molecule has 2 aromatic carbocycles. The zero-order valence-electron chi connectivity index (χ0n) is 16.3. The van der Waals surface area contributed by atoms with E-state index in [0.717, 1.165) is 39.6 Å². The molecule has 8 heteroatoms. The van der Waals surface area contributed by atoms with Gasteiger partial charge in [0.05, 0.1) is 16.8 Å². The van der Waals surface area contributed by atoms with Crippen LogP contribution in [0.5, 0.6) is 11.5 Å². The average Bonchev–Trinajstić information content (AvgIpc) is 3.55. The van der Waals surface area contributed by atoms with Gasteiger partial charge >= 0.3 is 0 Å². The first-order valence-corrected chi connectivity index (χ1v) is 10.1. The fraction of sp³-hybridized carbons (Fsp3) is 0.174. The second-order valence-corrected chi connectivity index (χ2v) is 7.93. The molecule has 2 atom stereocenters. The lowest BCUT2D eigenvalue weighted by atomic mass is 9.63. The first-order chi connectivity index (χ1) is 15.3. The van der Waals surface area contributed by atoms with Gasteiger partial charge in [-0.3, -0.25) is 9.98 Å². The fourth-order valence-corrected chi connectivity index (χ4v) is 5.09. The fourth-order valence-electron chi connectivity index (χ4n) is 5.09. The van der Waals surface area contributed by atoms with Gasteiger partial charge < -0.3 is 9.47 Å². The van der Waals surface area contributed by atoms with Crippen LogP contribution >= 0.6 is 0 Å². The van der Waals surface area contributed by atoms with Crippen molar-refractivity contribution < 1.29 is 9.47 Å². The zero-order valence-corrected chi connectivity index (χ0v) is 16.3. The highest BCUT2D eigenvalue weighted by atomic mass is 16.7. The molecule has 0 amide bonds. The van der Waals surface area contributed by atoms with Crippen molar-refractivity contribution in [3.63, 3.8) is 0 Å². The second kappa shape index (κ2) is 5.98. The van der Waals surface area contributed by atoms with Gasteiger partial charge in [-0.1, -0.05) is 24.3 Å². The van der Waals surface area contributed by atoms with Crippen LogP contribution in [-0.4, -0.2) is 38.2 Å². The Kier molecular flexibility index (Phi) is 3.22. The normalized spacial score (nSPS) is 21.7. The van der Waals surface area contributed by atoms with Crippen molar-refractivity contribution in [2.45, 2.75) is 17.8 Å². The highest BCUT2D eigenvalue weighted by Crippen LogP contribution is 2.56. The van der Waals surface area contributed by atoms with Crippen molar-refractivity contribution in [2.75, 3.05) is 6.79 Å². The Morgan fingerprint density at radius 1 is 1.03 bits per heavy atom. The number of para-hydroxylation sites is 1. The quantitative estimate of drug-likeness (QED) is 0.506. The highest BCUT2D eigenvalue weighted by Gasteiger charge is 2.52. The average molecular weight is 408 g/mol. The van der Waals surface area contributed by atoms with Crippen LogP contribution < -0.4 is 9.47 Å². The van der Waals surface area contributed by atoms with Crippen molar-refractivity contribution in [1.29, 1.82) is 0 Å². The van der Waals surface area contributed by atoms with E-state index in [1.54, 1.807) is 6.20 Å². The first kappa shape index (κ1) is 16.7. The van der Waals surface area contributed by atoms with Gasteiger partial charge in [-0.25, -0.2) is 0 Å². The van der Waals surface area contributed by atoms with Gasteiger partial charge in [0.1, 0.15) is 0 Å². The van der Waals surface area contributed by atoms with Crippen molar-refractivity contribution in [3.05, 3.63) is 83.4 Å². The molecule has 8 nitrogen and oxygen atoms in total. The molecule has 150 valence electrons. The SMILES string of the molecule is C1=Nc2ccccc2C12c1cc3c(cc1-n1nnnc1C2Cc1cccnc1)OCO3. The van der Waals surface area contributed by atoms with E-state index < -0.39 is 5.41 Å². The van der Waals surface area contributed by atoms with Gasteiger partial charge in [-0.2, -0.15) is 4.68 Å². The molecule has 5 heterocycles. The van der Waals surface area contributed by atoms with Crippen LogP contribution in [0.1, 0.15) is 28.4 Å². The molecule has 0 fully saturated rings. The van der Waals surface area contributed by atoms with Gasteiger partial charge in [0.2, 0.25) is 6.79 Å². The van der Waals surface area contributed by atoms with Crippen molar-refractivity contribution >= 4 is 11.9 Å². The molecule has 0 bridgehead atoms. The van der Waals surface area contributed by atoms with Crippen LogP contribution in [0.3, 0.4) is 0 Å². The molecule has 3 aliphatic heterocycles. The number of tetrazole rings is 1. The summed E-state index contributed by atoms with van der Waals surface area (Å²) in [5.41, 5.74) is 4.62. The number of aromatic nitrogens is 5. The Morgan fingerprint density at radius 3 is 2.84 bits per heavy atom. The molecular weight excluding hydrogens is 392 g/mol. The number of nitrogens with zero attached hydrogens (tertiary/aromatic N) is 6. The maximum absolute atomic E-state index is 5.74. The van der Waals surface area contributed by atoms with E-state index in [-0.39, 0.29) is 12.7 Å². The summed E-state index contributed by atoms with van der Waals surface area (Å²) in [6, 6.07) is 16.3. The Hall–Kier alpha value is -4.07. The third-order valence-corrected chi connectivity index (χ3v) is 6.44. The van der Waals surface area contributed by atoms with E-state index in [4.69, 9.17) is 14.5 Å². The second-order valence-electron chi connectivity index (χ2n) is 7.93. The van der Waals surface area contributed by atoms with E-state index in [1.807, 2.05) is 35.1 Å². The molecule has 2 unspecified atom stereocenters. The molecule has 0 saturated heterocycles. The van der Waals surface area contributed by atoms with Crippen molar-refractivity contribution in [3.8, 4) is 17.2 Å². The molecule has 3 aliphatic rings. The summed E-state index contributed by atoms with van der Waals surface area (Å²) in [6.45, 7) is 0.206. The summed E-state index contributed by atoms with van der Waals surface area (Å²) in [6.07, 6.45) is 6.45. The Morgan fingerprint density at radius 2 is 1.94 bits per heavy atom. The Balaban J connectivity index is 1.54. The van der Waals surface area contributed by atoms with Crippen LogP contribution in [0.25, 0.3) is 5.69 Å². The minimum atomic E-state index is -0.534. The van der Waals surface area contributed by atoms with Crippen LogP contribution in [0.4, 0.5) is 5.69 Å². The molecule has 0 radical (unpaired) electrons. The minimum Gasteiger partial charge on any atom is -0.454 e. The molecule has 7 rings (SSSR count). The Bertz CT molecular complexity index is 1370. The lowest BCUT2D eigenvalue weighted by Gasteiger charge is -2.40. The van der Waals surface area contributed by atoms with E-state index in [0.29, 0.717) is 12.2 Å². The van der Waals surface area contributed by atoms with Crippen LogP contribution in [0, 0.1) is 0 Å². The summed E-state index contributed by atoms with van der Waals surface area (Å²) in [5, 5.41) is 12.8. The number of benzene rings is 2. The summed E-state index contributed by atoms with van der Waals surface area (Å²) < 4.78 is 13.2. The predicted molar refractivity (Wildman–Crippen MR) is 111 cm³/mol. The summed E-state index contributed by atoms with van der Waals surface area (Å²) >= 11 is 0. The monoisotopic (exact) mass is 408 g/mol. The topological polar surface area (TPSA) is 87.3 Å². The molecule has 31 heavy (non-hydrogen) atoms. The molecule has 1 spiro atoms. The predicted octanol–water partition coefficient (Wildman–Crippen LogP) is 3.13. The lowest BCUT2D eigenvalue weighted by molar-refractivity contribution is 0.174. The standard InChI is InChI=1S/C23H16N6O2/c1-2-6-18-15(5-1)23(12-25-18)16-9-20-21(31-13-30-20)10-19(16)29-22(26-27-28-29)17(23)8-14-4-3-7-24-11-14/h1-7,9-12,17H,8,13H2. The lowest BCUT2D eigenvalue weighted by Crippen LogP contribution is -2.42. The van der Waals surface area contributed by atoms with E-state index in [2.05, 4.69) is 51.0 Å². The van der Waals surface area contributed by atoms with Crippen LogP contribution in [0.2, 0.25) is 0 Å². The number of fused-ring (bicyclic) bond motifs is 7. The summed E-state index contributed by atoms with van der Waals surface area (Å²) in [4.78, 5) is 9.14. The number of hydrogen-bond acceptors (Lipinski definition) is 7. The number of pyridine rings is 1. The van der Waals surface area contributed by atoms with Gasteiger partial charge in [0.25, 0.3) is 0 Å². The maximum atomic E-state index is 5.74. The third-order valence-electron chi connectivity index (χ3n) is 6.44. The summed E-state index contributed by atoms with van der Waals surface area (Å²) in [7, 11) is 0. The first-order valence-electron chi connectivity index (χ1n) is 10.1. The minimum absolute atomic E-state index is 0.0769. The smallest absolute Gasteiger partial charge is 0.231 e. The highest BCUT2D eigenvalue weighted by molar-refractivity contribution is 5.93. The van der Waals surface area contributed by atoms with E-state index >= 15 is 0 Å². The van der Waals surface area contributed by atoms with Crippen molar-refractivity contribution in [2.24, 2.45) is 4.99 Å². The van der Waals surface area contributed by atoms with E-state index in [1.165, 1.54) is 0 Å². The van der Waals surface area contributed by atoms with Crippen LogP contribution in [0.15, 0.2) is 65.9 Å². The van der Waals surface area contributed by atoms with Crippen molar-refractivity contribution in [1.82, 2.24) is 25.2 Å².